The monoisotopic (exact) mass is 338 g/mol. The SMILES string of the molecule is CCC(Oc1ccc2[nH]cc(CCN)c2c1)(C(=O)O)c1ccccc1. The first-order valence-corrected chi connectivity index (χ1v) is 8.38. The van der Waals surface area contributed by atoms with Gasteiger partial charge in [-0.1, -0.05) is 37.3 Å². The quantitative estimate of drug-likeness (QED) is 0.616. The Morgan fingerprint density at radius 2 is 2.00 bits per heavy atom. The minimum Gasteiger partial charge on any atom is -0.478 e. The van der Waals surface area contributed by atoms with Crippen LogP contribution in [0.15, 0.2) is 54.7 Å². The predicted octanol–water partition coefficient (Wildman–Crippen LogP) is 3.44. The van der Waals surface area contributed by atoms with E-state index in [0.717, 1.165) is 22.9 Å². The van der Waals surface area contributed by atoms with Crippen molar-refractivity contribution >= 4 is 16.9 Å². The Kier molecular flexibility index (Phi) is 4.76. The zero-order valence-electron chi connectivity index (χ0n) is 14.2. The van der Waals surface area contributed by atoms with Crippen LogP contribution in [0.2, 0.25) is 0 Å². The van der Waals surface area contributed by atoms with Gasteiger partial charge in [0.15, 0.2) is 0 Å². The summed E-state index contributed by atoms with van der Waals surface area (Å²) in [5.41, 5.74) is 6.95. The maximum Gasteiger partial charge on any atom is 0.352 e. The number of benzene rings is 2. The number of hydrogen-bond acceptors (Lipinski definition) is 3. The van der Waals surface area contributed by atoms with Gasteiger partial charge in [-0.2, -0.15) is 0 Å². The molecule has 2 aromatic carbocycles. The number of aromatic amines is 1. The molecule has 130 valence electrons. The Bertz CT molecular complexity index is 873. The van der Waals surface area contributed by atoms with Gasteiger partial charge in [0.1, 0.15) is 5.75 Å². The van der Waals surface area contributed by atoms with E-state index in [1.807, 2.05) is 43.5 Å². The molecule has 0 spiro atoms. The van der Waals surface area contributed by atoms with E-state index < -0.39 is 11.6 Å². The maximum atomic E-state index is 12.1. The van der Waals surface area contributed by atoms with Crippen molar-refractivity contribution in [3.05, 3.63) is 65.9 Å². The van der Waals surface area contributed by atoms with Crippen molar-refractivity contribution in [2.45, 2.75) is 25.4 Å². The van der Waals surface area contributed by atoms with E-state index in [9.17, 15) is 9.90 Å². The van der Waals surface area contributed by atoms with Gasteiger partial charge in [-0.15, -0.1) is 0 Å². The van der Waals surface area contributed by atoms with Crippen LogP contribution >= 0.6 is 0 Å². The van der Waals surface area contributed by atoms with Crippen molar-refractivity contribution in [2.24, 2.45) is 5.73 Å². The smallest absolute Gasteiger partial charge is 0.352 e. The van der Waals surface area contributed by atoms with Crippen molar-refractivity contribution in [2.75, 3.05) is 6.54 Å². The molecule has 1 heterocycles. The van der Waals surface area contributed by atoms with Crippen LogP contribution < -0.4 is 10.5 Å². The fourth-order valence-corrected chi connectivity index (χ4v) is 3.15. The van der Waals surface area contributed by atoms with Crippen molar-refractivity contribution in [1.82, 2.24) is 4.98 Å². The highest BCUT2D eigenvalue weighted by molar-refractivity contribution is 5.85. The number of fused-ring (bicyclic) bond motifs is 1. The van der Waals surface area contributed by atoms with Crippen LogP contribution in [-0.4, -0.2) is 22.6 Å². The normalized spacial score (nSPS) is 13.5. The topological polar surface area (TPSA) is 88.3 Å². The Morgan fingerprint density at radius 3 is 2.64 bits per heavy atom. The first kappa shape index (κ1) is 17.0. The standard InChI is InChI=1S/C20H22N2O3/c1-2-20(19(23)24,15-6-4-3-5-7-15)25-16-8-9-18-17(12-16)14(10-11-21)13-22-18/h3-9,12-13,22H,2,10-11,21H2,1H3,(H,23,24). The van der Waals surface area contributed by atoms with E-state index in [1.165, 1.54) is 0 Å². The summed E-state index contributed by atoms with van der Waals surface area (Å²) in [7, 11) is 0. The van der Waals surface area contributed by atoms with Crippen LogP contribution in [-0.2, 0) is 16.8 Å². The lowest BCUT2D eigenvalue weighted by atomic mass is 9.90. The molecule has 0 fully saturated rings. The minimum absolute atomic E-state index is 0.313. The van der Waals surface area contributed by atoms with Gasteiger partial charge in [0.25, 0.3) is 0 Å². The molecule has 0 radical (unpaired) electrons. The number of rotatable bonds is 7. The van der Waals surface area contributed by atoms with Gasteiger partial charge in [-0.3, -0.25) is 0 Å². The minimum atomic E-state index is -1.42. The lowest BCUT2D eigenvalue weighted by molar-refractivity contribution is -0.156. The third kappa shape index (κ3) is 3.10. The summed E-state index contributed by atoms with van der Waals surface area (Å²) in [6.45, 7) is 2.37. The van der Waals surface area contributed by atoms with Gasteiger partial charge in [0.05, 0.1) is 0 Å². The summed E-state index contributed by atoms with van der Waals surface area (Å²) in [6.07, 6.45) is 3.00. The molecule has 3 rings (SSSR count). The second kappa shape index (κ2) is 6.99. The molecule has 1 aromatic heterocycles. The van der Waals surface area contributed by atoms with E-state index in [2.05, 4.69) is 4.98 Å². The molecule has 0 saturated heterocycles. The largest absolute Gasteiger partial charge is 0.478 e. The van der Waals surface area contributed by atoms with Gasteiger partial charge < -0.3 is 20.6 Å². The lowest BCUT2D eigenvalue weighted by Gasteiger charge is -2.30. The number of aliphatic carboxylic acids is 1. The van der Waals surface area contributed by atoms with Gasteiger partial charge >= 0.3 is 5.97 Å². The van der Waals surface area contributed by atoms with Gasteiger partial charge in [-0.25, -0.2) is 4.79 Å². The van der Waals surface area contributed by atoms with Gasteiger partial charge in [-0.05, 0) is 43.1 Å². The molecule has 0 aliphatic rings. The van der Waals surface area contributed by atoms with E-state index in [1.54, 1.807) is 18.2 Å². The van der Waals surface area contributed by atoms with Crippen LogP contribution in [0.1, 0.15) is 24.5 Å². The van der Waals surface area contributed by atoms with E-state index in [0.29, 0.717) is 24.3 Å². The highest BCUT2D eigenvalue weighted by atomic mass is 16.5. The third-order valence-electron chi connectivity index (χ3n) is 4.53. The molecule has 0 aliphatic heterocycles. The number of nitrogens with two attached hydrogens (primary N) is 1. The summed E-state index contributed by atoms with van der Waals surface area (Å²) < 4.78 is 6.06. The second-order valence-electron chi connectivity index (χ2n) is 6.01. The highest BCUT2D eigenvalue weighted by Crippen LogP contribution is 2.34. The van der Waals surface area contributed by atoms with Crippen LogP contribution in [0.25, 0.3) is 10.9 Å². The fraction of sp³-hybridized carbons (Fsp3) is 0.250. The molecule has 3 aromatic rings. The number of carbonyl (C=O) groups is 1. The Labute approximate surface area is 146 Å². The molecule has 1 unspecified atom stereocenters. The number of ether oxygens (including phenoxy) is 1. The number of carboxylic acids is 1. The van der Waals surface area contributed by atoms with E-state index in [-0.39, 0.29) is 0 Å². The first-order chi connectivity index (χ1) is 12.1. The average Bonchev–Trinajstić information content (AvgIpc) is 3.03. The molecule has 1 atom stereocenters. The number of H-pyrrole nitrogens is 1. The van der Waals surface area contributed by atoms with Crippen LogP contribution in [0.4, 0.5) is 0 Å². The molecule has 5 nitrogen and oxygen atoms in total. The van der Waals surface area contributed by atoms with E-state index in [4.69, 9.17) is 10.5 Å². The zero-order valence-corrected chi connectivity index (χ0v) is 14.2. The molecular weight excluding hydrogens is 316 g/mol. The highest BCUT2D eigenvalue weighted by Gasteiger charge is 2.41. The number of hydrogen-bond donors (Lipinski definition) is 3. The summed E-state index contributed by atoms with van der Waals surface area (Å²) in [4.78, 5) is 15.3. The average molecular weight is 338 g/mol. The van der Waals surface area contributed by atoms with Crippen molar-refractivity contribution in [3.8, 4) is 5.75 Å². The van der Waals surface area contributed by atoms with Gasteiger partial charge in [0.2, 0.25) is 5.60 Å². The number of aromatic nitrogens is 1. The fourth-order valence-electron chi connectivity index (χ4n) is 3.15. The molecule has 0 aliphatic carbocycles. The first-order valence-electron chi connectivity index (χ1n) is 8.38. The molecule has 0 saturated carbocycles. The Balaban J connectivity index is 2.04. The summed E-state index contributed by atoms with van der Waals surface area (Å²) in [5.74, 6) is -0.476. The Morgan fingerprint density at radius 1 is 1.24 bits per heavy atom. The van der Waals surface area contributed by atoms with E-state index >= 15 is 0 Å². The molecular formula is C20H22N2O3. The predicted molar refractivity (Wildman–Crippen MR) is 97.7 cm³/mol. The van der Waals surface area contributed by atoms with Gasteiger partial charge in [0, 0.05) is 22.7 Å². The third-order valence-corrected chi connectivity index (χ3v) is 4.53. The van der Waals surface area contributed by atoms with Crippen LogP contribution in [0.5, 0.6) is 5.75 Å². The molecule has 0 bridgehead atoms. The van der Waals surface area contributed by atoms with Crippen molar-refractivity contribution in [1.29, 1.82) is 0 Å². The second-order valence-corrected chi connectivity index (χ2v) is 6.01. The number of carboxylic acid groups (broad SMARTS) is 1. The Hall–Kier alpha value is -2.79. The molecule has 0 amide bonds. The lowest BCUT2D eigenvalue weighted by Crippen LogP contribution is -2.41. The van der Waals surface area contributed by atoms with Crippen molar-refractivity contribution in [3.63, 3.8) is 0 Å². The zero-order chi connectivity index (χ0) is 17.9. The summed E-state index contributed by atoms with van der Waals surface area (Å²) in [6, 6.07) is 14.6. The molecule has 5 heteroatoms. The maximum absolute atomic E-state index is 12.1. The molecule has 4 N–H and O–H groups in total. The molecule has 25 heavy (non-hydrogen) atoms. The van der Waals surface area contributed by atoms with Crippen LogP contribution in [0, 0.1) is 0 Å². The summed E-state index contributed by atoms with van der Waals surface area (Å²) in [5, 5.41) is 10.9. The summed E-state index contributed by atoms with van der Waals surface area (Å²) >= 11 is 0. The van der Waals surface area contributed by atoms with Crippen molar-refractivity contribution < 1.29 is 14.6 Å². The number of nitrogens with one attached hydrogen (secondary N) is 1. The van der Waals surface area contributed by atoms with Crippen LogP contribution in [0.3, 0.4) is 0 Å².